The molecule has 3 aromatic rings. The molecule has 0 bridgehead atoms. The topological polar surface area (TPSA) is 45.1 Å². The van der Waals surface area contributed by atoms with E-state index in [0.29, 0.717) is 6.04 Å². The molecule has 4 rings (SSSR count). The third kappa shape index (κ3) is 2.57. The van der Waals surface area contributed by atoms with Crippen LogP contribution >= 0.6 is 0 Å². The molecule has 1 aliphatic rings. The van der Waals surface area contributed by atoms with Crippen LogP contribution < -0.4 is 0 Å². The summed E-state index contributed by atoms with van der Waals surface area (Å²) in [5.41, 5.74) is 2.36. The van der Waals surface area contributed by atoms with Gasteiger partial charge in [-0.15, -0.1) is 0 Å². The summed E-state index contributed by atoms with van der Waals surface area (Å²) in [5.74, 6) is 1.63. The maximum Gasteiger partial charge on any atom is 0.209 e. The fourth-order valence-corrected chi connectivity index (χ4v) is 3.21. The average Bonchev–Trinajstić information content (AvgIpc) is 3.30. The zero-order chi connectivity index (χ0) is 14.8. The van der Waals surface area contributed by atoms with E-state index in [1.54, 1.807) is 0 Å². The van der Waals surface area contributed by atoms with Crippen molar-refractivity contribution in [3.05, 3.63) is 66.4 Å². The Kier molecular flexibility index (Phi) is 3.52. The molecule has 1 N–H and O–H groups in total. The number of likely N-dealkylation sites (tertiary alicyclic amines) is 1. The standard InChI is InChI=1S/C18H19N3O/c1-2-6-14(7-3-1)17-12-20-18(22-17)13-21-11-5-9-16(21)15-8-4-10-19-15/h1-4,6-8,10,12,16,19H,5,9,11,13H2/t16-/m1/s1. The second-order valence-electron chi connectivity index (χ2n) is 5.74. The lowest BCUT2D eigenvalue weighted by Gasteiger charge is -2.21. The third-order valence-corrected chi connectivity index (χ3v) is 4.29. The minimum Gasteiger partial charge on any atom is -0.439 e. The SMILES string of the molecule is c1ccc(-c2cnc(CN3CCC[C@@H]3c3ccc[nH]3)o2)cc1. The maximum absolute atomic E-state index is 5.93. The van der Waals surface area contributed by atoms with Crippen LogP contribution in [0, 0.1) is 0 Å². The van der Waals surface area contributed by atoms with E-state index in [1.165, 1.54) is 18.5 Å². The van der Waals surface area contributed by atoms with E-state index in [4.69, 9.17) is 4.42 Å². The average molecular weight is 293 g/mol. The molecule has 1 saturated heterocycles. The molecule has 112 valence electrons. The van der Waals surface area contributed by atoms with Crippen LogP contribution in [0.3, 0.4) is 0 Å². The normalized spacial score (nSPS) is 18.8. The van der Waals surface area contributed by atoms with Gasteiger partial charge in [-0.2, -0.15) is 0 Å². The summed E-state index contributed by atoms with van der Waals surface area (Å²) in [6.45, 7) is 1.85. The number of rotatable bonds is 4. The Morgan fingerprint density at radius 2 is 2.09 bits per heavy atom. The van der Waals surface area contributed by atoms with Gasteiger partial charge < -0.3 is 9.40 Å². The third-order valence-electron chi connectivity index (χ3n) is 4.29. The Morgan fingerprint density at radius 1 is 1.18 bits per heavy atom. The first-order valence-electron chi connectivity index (χ1n) is 7.77. The number of oxazole rings is 1. The predicted octanol–water partition coefficient (Wildman–Crippen LogP) is 4.01. The fourth-order valence-electron chi connectivity index (χ4n) is 3.21. The molecule has 0 aliphatic carbocycles. The molecule has 0 spiro atoms. The quantitative estimate of drug-likeness (QED) is 0.790. The molecule has 4 heteroatoms. The van der Waals surface area contributed by atoms with E-state index in [-0.39, 0.29) is 0 Å². The number of aromatic nitrogens is 2. The van der Waals surface area contributed by atoms with Crippen molar-refractivity contribution in [1.82, 2.24) is 14.9 Å². The molecule has 3 heterocycles. The second kappa shape index (κ2) is 5.81. The summed E-state index contributed by atoms with van der Waals surface area (Å²) < 4.78 is 5.93. The molecule has 0 radical (unpaired) electrons. The van der Waals surface area contributed by atoms with Crippen LogP contribution in [0.2, 0.25) is 0 Å². The molecule has 1 atom stereocenters. The van der Waals surface area contributed by atoms with Gasteiger partial charge >= 0.3 is 0 Å². The van der Waals surface area contributed by atoms with Gasteiger partial charge in [0.25, 0.3) is 0 Å². The van der Waals surface area contributed by atoms with E-state index in [1.807, 2.05) is 42.7 Å². The van der Waals surface area contributed by atoms with Crippen LogP contribution in [0.5, 0.6) is 0 Å². The lowest BCUT2D eigenvalue weighted by Crippen LogP contribution is -2.23. The zero-order valence-corrected chi connectivity index (χ0v) is 12.4. The Balaban J connectivity index is 1.51. The number of hydrogen-bond donors (Lipinski definition) is 1. The minimum atomic E-state index is 0.446. The molecule has 0 saturated carbocycles. The van der Waals surface area contributed by atoms with Gasteiger partial charge in [-0.3, -0.25) is 4.90 Å². The smallest absolute Gasteiger partial charge is 0.209 e. The number of nitrogens with one attached hydrogen (secondary N) is 1. The highest BCUT2D eigenvalue weighted by atomic mass is 16.4. The van der Waals surface area contributed by atoms with Gasteiger partial charge in [0.05, 0.1) is 18.8 Å². The first-order chi connectivity index (χ1) is 10.9. The van der Waals surface area contributed by atoms with E-state index >= 15 is 0 Å². The van der Waals surface area contributed by atoms with Gasteiger partial charge in [-0.1, -0.05) is 30.3 Å². The van der Waals surface area contributed by atoms with Crippen LogP contribution in [-0.4, -0.2) is 21.4 Å². The number of hydrogen-bond acceptors (Lipinski definition) is 3. The number of nitrogens with zero attached hydrogens (tertiary/aromatic N) is 2. The van der Waals surface area contributed by atoms with Crippen LogP contribution in [-0.2, 0) is 6.54 Å². The Bertz CT molecular complexity index is 718. The van der Waals surface area contributed by atoms with Crippen molar-refractivity contribution >= 4 is 0 Å². The van der Waals surface area contributed by atoms with E-state index < -0.39 is 0 Å². The van der Waals surface area contributed by atoms with Crippen molar-refractivity contribution in [3.63, 3.8) is 0 Å². The summed E-state index contributed by atoms with van der Waals surface area (Å²) >= 11 is 0. The predicted molar refractivity (Wildman–Crippen MR) is 85.1 cm³/mol. The monoisotopic (exact) mass is 293 g/mol. The molecular weight excluding hydrogens is 274 g/mol. The zero-order valence-electron chi connectivity index (χ0n) is 12.4. The van der Waals surface area contributed by atoms with Crippen LogP contribution in [0.15, 0.2) is 59.3 Å². The van der Waals surface area contributed by atoms with Crippen LogP contribution in [0.25, 0.3) is 11.3 Å². The summed E-state index contributed by atoms with van der Waals surface area (Å²) in [6.07, 6.45) is 6.22. The van der Waals surface area contributed by atoms with Gasteiger partial charge in [-0.25, -0.2) is 4.98 Å². The highest BCUT2D eigenvalue weighted by Gasteiger charge is 2.27. The van der Waals surface area contributed by atoms with Crippen molar-refractivity contribution < 1.29 is 4.42 Å². The highest BCUT2D eigenvalue weighted by Crippen LogP contribution is 2.32. The molecular formula is C18H19N3O. The minimum absolute atomic E-state index is 0.446. The van der Waals surface area contributed by atoms with E-state index in [9.17, 15) is 0 Å². The Morgan fingerprint density at radius 3 is 2.91 bits per heavy atom. The second-order valence-corrected chi connectivity index (χ2v) is 5.74. The van der Waals surface area contributed by atoms with Crippen molar-refractivity contribution in [2.75, 3.05) is 6.54 Å². The van der Waals surface area contributed by atoms with Crippen molar-refractivity contribution in [2.24, 2.45) is 0 Å². The van der Waals surface area contributed by atoms with Gasteiger partial charge in [-0.05, 0) is 31.5 Å². The number of benzene rings is 1. The first-order valence-corrected chi connectivity index (χ1v) is 7.77. The molecule has 22 heavy (non-hydrogen) atoms. The highest BCUT2D eigenvalue weighted by molar-refractivity contribution is 5.55. The molecule has 0 unspecified atom stereocenters. The lowest BCUT2D eigenvalue weighted by atomic mass is 10.1. The molecule has 0 amide bonds. The molecule has 1 fully saturated rings. The first kappa shape index (κ1) is 13.3. The number of H-pyrrole nitrogens is 1. The molecule has 2 aromatic heterocycles. The summed E-state index contributed by atoms with van der Waals surface area (Å²) in [6, 6.07) is 14.8. The summed E-state index contributed by atoms with van der Waals surface area (Å²) in [5, 5.41) is 0. The van der Waals surface area contributed by atoms with Crippen molar-refractivity contribution in [3.8, 4) is 11.3 Å². The Labute approximate surface area is 129 Å². The van der Waals surface area contributed by atoms with E-state index in [2.05, 4.69) is 27.0 Å². The summed E-state index contributed by atoms with van der Waals surface area (Å²) in [7, 11) is 0. The lowest BCUT2D eigenvalue weighted by molar-refractivity contribution is 0.221. The van der Waals surface area contributed by atoms with Crippen LogP contribution in [0.4, 0.5) is 0 Å². The molecule has 1 aliphatic heterocycles. The Hall–Kier alpha value is -2.33. The molecule has 4 nitrogen and oxygen atoms in total. The molecule has 1 aromatic carbocycles. The summed E-state index contributed by atoms with van der Waals surface area (Å²) in [4.78, 5) is 10.2. The fraction of sp³-hybridized carbons (Fsp3) is 0.278. The van der Waals surface area contributed by atoms with Gasteiger partial charge in [0, 0.05) is 17.5 Å². The van der Waals surface area contributed by atoms with Gasteiger partial charge in [0.15, 0.2) is 5.76 Å². The maximum atomic E-state index is 5.93. The van der Waals surface area contributed by atoms with Crippen molar-refractivity contribution in [1.29, 1.82) is 0 Å². The number of aromatic amines is 1. The van der Waals surface area contributed by atoms with Gasteiger partial charge in [0.2, 0.25) is 5.89 Å². The largest absolute Gasteiger partial charge is 0.439 e. The van der Waals surface area contributed by atoms with Crippen LogP contribution in [0.1, 0.15) is 30.5 Å². The van der Waals surface area contributed by atoms with Crippen molar-refractivity contribution in [2.45, 2.75) is 25.4 Å². The van der Waals surface area contributed by atoms with E-state index in [0.717, 1.165) is 30.3 Å². The van der Waals surface area contributed by atoms with Gasteiger partial charge in [0.1, 0.15) is 0 Å².